The number of anilines is 1. The Kier molecular flexibility index (Phi) is 6.14. The lowest BCUT2D eigenvalue weighted by Crippen LogP contribution is -2.38. The molecule has 0 saturated carbocycles. The van der Waals surface area contributed by atoms with E-state index >= 15 is 0 Å². The third-order valence-electron chi connectivity index (χ3n) is 3.87. The Morgan fingerprint density at radius 2 is 2.18 bits per heavy atom. The molecular formula is C18H26N4. The molecule has 0 aromatic heterocycles. The summed E-state index contributed by atoms with van der Waals surface area (Å²) in [5.41, 5.74) is 2.57. The van der Waals surface area contributed by atoms with Crippen LogP contribution >= 0.6 is 0 Å². The van der Waals surface area contributed by atoms with E-state index in [1.807, 2.05) is 6.92 Å². The molecule has 0 amide bonds. The number of benzene rings is 1. The zero-order chi connectivity index (χ0) is 15.8. The predicted octanol–water partition coefficient (Wildman–Crippen LogP) is 2.54. The average molecular weight is 298 g/mol. The van der Waals surface area contributed by atoms with Gasteiger partial charge < -0.3 is 15.5 Å². The molecule has 1 saturated heterocycles. The van der Waals surface area contributed by atoms with Gasteiger partial charge in [0.05, 0.1) is 6.04 Å². The highest BCUT2D eigenvalue weighted by Crippen LogP contribution is 2.23. The normalized spacial score (nSPS) is 16.2. The van der Waals surface area contributed by atoms with Crippen LogP contribution in [0.25, 0.3) is 0 Å². The van der Waals surface area contributed by atoms with Gasteiger partial charge >= 0.3 is 0 Å². The Labute approximate surface area is 134 Å². The molecule has 22 heavy (non-hydrogen) atoms. The van der Waals surface area contributed by atoms with E-state index in [0.717, 1.165) is 25.6 Å². The molecule has 1 fully saturated rings. The molecule has 1 aliphatic rings. The maximum Gasteiger partial charge on any atom is 0.192 e. The average Bonchev–Trinajstić information content (AvgIpc) is 3.07. The Balaban J connectivity index is 2.06. The van der Waals surface area contributed by atoms with Gasteiger partial charge in [-0.05, 0) is 44.4 Å². The second-order valence-corrected chi connectivity index (χ2v) is 5.55. The molecule has 2 rings (SSSR count). The fraction of sp³-hybridized carbons (Fsp3) is 0.500. The van der Waals surface area contributed by atoms with E-state index in [2.05, 4.69) is 57.6 Å². The summed E-state index contributed by atoms with van der Waals surface area (Å²) in [6.45, 7) is 7.72. The molecule has 0 aliphatic carbocycles. The molecule has 118 valence electrons. The van der Waals surface area contributed by atoms with Crippen LogP contribution in [-0.2, 0) is 0 Å². The smallest absolute Gasteiger partial charge is 0.192 e. The number of terminal acetylenes is 1. The van der Waals surface area contributed by atoms with E-state index in [1.54, 1.807) is 0 Å². The molecule has 1 atom stereocenters. The van der Waals surface area contributed by atoms with Gasteiger partial charge in [-0.3, -0.25) is 0 Å². The van der Waals surface area contributed by atoms with Crippen molar-refractivity contribution in [1.82, 2.24) is 10.6 Å². The lowest BCUT2D eigenvalue weighted by molar-refractivity contribution is 0.689. The number of aliphatic imine (C=N–C) groups is 1. The Hall–Kier alpha value is -2.15. The first-order valence-corrected chi connectivity index (χ1v) is 8.07. The minimum atomic E-state index is 0.179. The van der Waals surface area contributed by atoms with Crippen LogP contribution in [-0.4, -0.2) is 32.1 Å². The molecule has 4 heteroatoms. The number of hydrogen-bond donors (Lipinski definition) is 2. The van der Waals surface area contributed by atoms with Crippen molar-refractivity contribution in [3.63, 3.8) is 0 Å². The molecule has 0 bridgehead atoms. The van der Waals surface area contributed by atoms with Gasteiger partial charge in [0, 0.05) is 25.3 Å². The summed E-state index contributed by atoms with van der Waals surface area (Å²) in [6, 6.07) is 8.93. The van der Waals surface area contributed by atoms with Gasteiger partial charge in [-0.25, -0.2) is 4.99 Å². The number of guanidine groups is 1. The summed E-state index contributed by atoms with van der Waals surface area (Å²) in [7, 11) is 0. The van der Waals surface area contributed by atoms with Gasteiger partial charge in [-0.2, -0.15) is 0 Å². The summed E-state index contributed by atoms with van der Waals surface area (Å²) >= 11 is 0. The van der Waals surface area contributed by atoms with Crippen LogP contribution in [0.3, 0.4) is 0 Å². The van der Waals surface area contributed by atoms with Crippen molar-refractivity contribution in [2.45, 2.75) is 32.7 Å². The number of rotatable bonds is 5. The topological polar surface area (TPSA) is 39.7 Å². The second-order valence-electron chi connectivity index (χ2n) is 5.55. The van der Waals surface area contributed by atoms with Crippen LogP contribution in [0.4, 0.5) is 5.69 Å². The Morgan fingerprint density at radius 3 is 2.86 bits per heavy atom. The van der Waals surface area contributed by atoms with Crippen molar-refractivity contribution in [3.8, 4) is 12.3 Å². The number of hydrogen-bond acceptors (Lipinski definition) is 2. The van der Waals surface area contributed by atoms with Crippen molar-refractivity contribution in [2.75, 3.05) is 31.1 Å². The van der Waals surface area contributed by atoms with Gasteiger partial charge in [0.1, 0.15) is 6.54 Å². The van der Waals surface area contributed by atoms with Crippen LogP contribution < -0.4 is 15.5 Å². The summed E-state index contributed by atoms with van der Waals surface area (Å²) in [6.07, 6.45) is 7.87. The zero-order valence-corrected chi connectivity index (χ0v) is 13.6. The van der Waals surface area contributed by atoms with E-state index in [0.29, 0.717) is 6.54 Å². The SMILES string of the molecule is C#CCN=C(NCC)NC(C)c1cccc(N2CCCC2)c1. The van der Waals surface area contributed by atoms with E-state index in [9.17, 15) is 0 Å². The van der Waals surface area contributed by atoms with E-state index in [4.69, 9.17) is 6.42 Å². The zero-order valence-electron chi connectivity index (χ0n) is 13.6. The molecule has 1 aromatic carbocycles. The Morgan fingerprint density at radius 1 is 1.41 bits per heavy atom. The first-order valence-electron chi connectivity index (χ1n) is 8.07. The molecule has 1 aliphatic heterocycles. The maximum atomic E-state index is 5.29. The minimum absolute atomic E-state index is 0.179. The fourth-order valence-electron chi connectivity index (χ4n) is 2.70. The van der Waals surface area contributed by atoms with Gasteiger partial charge in [0.25, 0.3) is 0 Å². The molecule has 0 spiro atoms. The van der Waals surface area contributed by atoms with Gasteiger partial charge in [-0.15, -0.1) is 6.42 Å². The molecule has 1 unspecified atom stereocenters. The highest BCUT2D eigenvalue weighted by atomic mass is 15.2. The van der Waals surface area contributed by atoms with Crippen LogP contribution in [0.15, 0.2) is 29.3 Å². The Bertz CT molecular complexity index is 538. The minimum Gasteiger partial charge on any atom is -0.372 e. The van der Waals surface area contributed by atoms with Crippen LogP contribution in [0.5, 0.6) is 0 Å². The van der Waals surface area contributed by atoms with Crippen molar-refractivity contribution in [3.05, 3.63) is 29.8 Å². The van der Waals surface area contributed by atoms with E-state index in [1.165, 1.54) is 24.1 Å². The van der Waals surface area contributed by atoms with Crippen molar-refractivity contribution in [1.29, 1.82) is 0 Å². The predicted molar refractivity (Wildman–Crippen MR) is 94.3 cm³/mol. The molecule has 0 radical (unpaired) electrons. The van der Waals surface area contributed by atoms with Gasteiger partial charge in [0.2, 0.25) is 0 Å². The van der Waals surface area contributed by atoms with E-state index in [-0.39, 0.29) is 6.04 Å². The second kappa shape index (κ2) is 8.33. The summed E-state index contributed by atoms with van der Waals surface area (Å²) in [5.74, 6) is 3.31. The largest absolute Gasteiger partial charge is 0.372 e. The van der Waals surface area contributed by atoms with Crippen LogP contribution in [0.2, 0.25) is 0 Å². The summed E-state index contributed by atoms with van der Waals surface area (Å²) in [5, 5.41) is 6.63. The van der Waals surface area contributed by atoms with Crippen molar-refractivity contribution < 1.29 is 0 Å². The molecular weight excluding hydrogens is 272 g/mol. The lowest BCUT2D eigenvalue weighted by Gasteiger charge is -2.22. The standard InChI is InChI=1S/C18H26N4/c1-4-11-20-18(19-5-2)21-15(3)16-9-8-10-17(14-16)22-12-6-7-13-22/h1,8-10,14-15H,5-7,11-13H2,2-3H3,(H2,19,20,21). The van der Waals surface area contributed by atoms with E-state index < -0.39 is 0 Å². The van der Waals surface area contributed by atoms with Gasteiger partial charge in [-0.1, -0.05) is 18.1 Å². The van der Waals surface area contributed by atoms with Gasteiger partial charge in [0.15, 0.2) is 5.96 Å². The first kappa shape index (κ1) is 16.2. The van der Waals surface area contributed by atoms with Crippen molar-refractivity contribution >= 4 is 11.6 Å². The van der Waals surface area contributed by atoms with Crippen LogP contribution in [0, 0.1) is 12.3 Å². The first-order chi connectivity index (χ1) is 10.7. The highest BCUT2D eigenvalue weighted by Gasteiger charge is 2.14. The third kappa shape index (κ3) is 4.42. The molecule has 4 nitrogen and oxygen atoms in total. The fourth-order valence-corrected chi connectivity index (χ4v) is 2.70. The maximum absolute atomic E-state index is 5.29. The quantitative estimate of drug-likeness (QED) is 0.498. The van der Waals surface area contributed by atoms with Crippen molar-refractivity contribution in [2.24, 2.45) is 4.99 Å². The molecule has 1 aromatic rings. The summed E-state index contributed by atoms with van der Waals surface area (Å²) < 4.78 is 0. The molecule has 2 N–H and O–H groups in total. The lowest BCUT2D eigenvalue weighted by atomic mass is 10.1. The highest BCUT2D eigenvalue weighted by molar-refractivity contribution is 5.80. The van der Waals surface area contributed by atoms with Crippen LogP contribution in [0.1, 0.15) is 38.3 Å². The monoisotopic (exact) mass is 298 g/mol. The molecule has 1 heterocycles. The summed E-state index contributed by atoms with van der Waals surface area (Å²) in [4.78, 5) is 6.80. The number of nitrogens with zero attached hydrogens (tertiary/aromatic N) is 2. The third-order valence-corrected chi connectivity index (χ3v) is 3.87. The number of nitrogens with one attached hydrogen (secondary N) is 2.